The number of nitrogens with zero attached hydrogens (tertiary/aromatic N) is 2. The Hall–Kier alpha value is -2.58. The smallest absolute Gasteiger partial charge is 0.411 e. The van der Waals surface area contributed by atoms with Gasteiger partial charge in [0.05, 0.1) is 12.2 Å². The van der Waals surface area contributed by atoms with Crippen molar-refractivity contribution in [3.63, 3.8) is 0 Å². The lowest BCUT2D eigenvalue weighted by molar-refractivity contribution is -0.121. The molecule has 2 atom stereocenters. The quantitative estimate of drug-likeness (QED) is 0.451. The maximum absolute atomic E-state index is 13.5. The van der Waals surface area contributed by atoms with E-state index in [-0.39, 0.29) is 23.7 Å². The average molecular weight is 439 g/mol. The number of aromatic nitrogens is 2. The Balaban J connectivity index is 2.22. The number of hydrogen-bond donors (Lipinski definition) is 1. The predicted molar refractivity (Wildman–Crippen MR) is 125 cm³/mol. The Kier molecular flexibility index (Phi) is 11.0. The Morgan fingerprint density at radius 1 is 1.06 bits per heavy atom. The van der Waals surface area contributed by atoms with Crippen LogP contribution in [0.4, 0.5) is 0 Å². The van der Waals surface area contributed by atoms with Gasteiger partial charge in [-0.1, -0.05) is 44.2 Å². The van der Waals surface area contributed by atoms with Crippen LogP contribution in [0.15, 0.2) is 48.9 Å². The summed E-state index contributed by atoms with van der Waals surface area (Å²) in [6, 6.07) is 8.97. The first-order chi connectivity index (χ1) is 15.4. The summed E-state index contributed by atoms with van der Waals surface area (Å²) in [7, 11) is -0.454. The van der Waals surface area contributed by atoms with Crippen molar-refractivity contribution in [2.24, 2.45) is 5.92 Å². The first-order valence-electron chi connectivity index (χ1n) is 11.3. The molecule has 0 spiro atoms. The van der Waals surface area contributed by atoms with Crippen molar-refractivity contribution in [1.82, 2.24) is 15.3 Å². The zero-order valence-electron chi connectivity index (χ0n) is 19.5. The molecule has 0 saturated heterocycles. The third kappa shape index (κ3) is 8.51. The molecule has 0 aliphatic heterocycles. The molecule has 8 heteroatoms. The number of nitrogens with one attached hydrogen (secondary N) is 1. The van der Waals surface area contributed by atoms with Gasteiger partial charge in [-0.25, -0.2) is 4.98 Å². The number of benzene rings is 1. The van der Waals surface area contributed by atoms with Crippen molar-refractivity contribution >= 4 is 18.8 Å². The minimum absolute atomic E-state index is 0.0545. The molecule has 2 aromatic rings. The van der Waals surface area contributed by atoms with Gasteiger partial charge in [0.2, 0.25) is 0 Å². The maximum Gasteiger partial charge on any atom is 0.460 e. The van der Waals surface area contributed by atoms with E-state index in [2.05, 4.69) is 29.1 Å². The molecule has 0 bridgehead atoms. The number of ketones is 1. The highest BCUT2D eigenvalue weighted by atomic mass is 16.6. The summed E-state index contributed by atoms with van der Waals surface area (Å²) in [4.78, 5) is 34.2. The molecule has 172 valence electrons. The normalized spacial score (nSPS) is 12.9. The molecule has 1 aromatic heterocycles. The van der Waals surface area contributed by atoms with E-state index in [9.17, 15) is 9.59 Å². The van der Waals surface area contributed by atoms with Gasteiger partial charge in [-0.05, 0) is 38.2 Å². The summed E-state index contributed by atoms with van der Waals surface area (Å²) in [5.41, 5.74) is 1.15. The molecule has 32 heavy (non-hydrogen) atoms. The van der Waals surface area contributed by atoms with E-state index < -0.39 is 19.1 Å². The lowest BCUT2D eigenvalue weighted by atomic mass is 9.65. The highest BCUT2D eigenvalue weighted by Crippen LogP contribution is 2.27. The molecular weight excluding hydrogens is 405 g/mol. The Labute approximate surface area is 191 Å². The summed E-state index contributed by atoms with van der Waals surface area (Å²) in [5, 5.41) is 2.87. The molecule has 1 amide bonds. The van der Waals surface area contributed by atoms with Gasteiger partial charge in [-0.3, -0.25) is 14.6 Å². The fraction of sp³-hybridized carbons (Fsp3) is 0.500. The molecule has 0 unspecified atom stereocenters. The highest BCUT2D eigenvalue weighted by molar-refractivity contribution is 6.46. The van der Waals surface area contributed by atoms with Crippen LogP contribution >= 0.6 is 0 Å². The molecule has 0 fully saturated rings. The van der Waals surface area contributed by atoms with Crippen LogP contribution in [0.3, 0.4) is 0 Å². The lowest BCUT2D eigenvalue weighted by Crippen LogP contribution is -2.44. The van der Waals surface area contributed by atoms with E-state index in [4.69, 9.17) is 9.31 Å². The maximum atomic E-state index is 13.5. The number of Topliss-reactive ketones (excluding diaryl/α,β-unsaturated/α-hetero) is 1. The summed E-state index contributed by atoms with van der Waals surface area (Å²) in [6.07, 6.45) is 5.78. The second-order valence-electron chi connectivity index (χ2n) is 8.15. The van der Waals surface area contributed by atoms with Gasteiger partial charge in [0.25, 0.3) is 5.91 Å². The van der Waals surface area contributed by atoms with Crippen LogP contribution < -0.4 is 5.32 Å². The van der Waals surface area contributed by atoms with Crippen molar-refractivity contribution in [1.29, 1.82) is 0 Å². The molecule has 1 N–H and O–H groups in total. The number of rotatable bonds is 14. The monoisotopic (exact) mass is 439 g/mol. The number of amides is 1. The van der Waals surface area contributed by atoms with E-state index in [1.165, 1.54) is 18.6 Å². The van der Waals surface area contributed by atoms with E-state index >= 15 is 0 Å². The number of hydrogen-bond acceptors (Lipinski definition) is 6. The molecule has 1 heterocycles. The number of carbonyl (C=O) groups excluding carboxylic acids is 2. The van der Waals surface area contributed by atoms with Gasteiger partial charge in [0, 0.05) is 37.8 Å². The third-order valence-electron chi connectivity index (χ3n) is 5.06. The van der Waals surface area contributed by atoms with Gasteiger partial charge in [-0.15, -0.1) is 0 Å². The van der Waals surface area contributed by atoms with Crippen LogP contribution in [0.25, 0.3) is 0 Å². The second-order valence-corrected chi connectivity index (χ2v) is 8.15. The van der Waals surface area contributed by atoms with Crippen LogP contribution in [0.2, 0.25) is 5.82 Å². The minimum atomic E-state index is -0.689. The van der Waals surface area contributed by atoms with Crippen LogP contribution in [-0.2, 0) is 20.5 Å². The lowest BCUT2D eigenvalue weighted by Gasteiger charge is -2.26. The van der Waals surface area contributed by atoms with Gasteiger partial charge >= 0.3 is 7.12 Å². The van der Waals surface area contributed by atoms with Gasteiger partial charge in [-0.2, -0.15) is 0 Å². The van der Waals surface area contributed by atoms with Crippen LogP contribution in [0, 0.1) is 5.92 Å². The van der Waals surface area contributed by atoms with Crippen molar-refractivity contribution in [2.45, 2.75) is 58.8 Å². The molecule has 2 rings (SSSR count). The van der Waals surface area contributed by atoms with Gasteiger partial charge < -0.3 is 14.6 Å². The predicted octanol–water partition coefficient (Wildman–Crippen LogP) is 3.75. The summed E-state index contributed by atoms with van der Waals surface area (Å²) in [6.45, 7) is 9.07. The summed E-state index contributed by atoms with van der Waals surface area (Å²) in [5.74, 6) is -0.202. The second kappa shape index (κ2) is 13.8. The third-order valence-corrected chi connectivity index (χ3v) is 5.06. The molecule has 0 saturated carbocycles. The van der Waals surface area contributed by atoms with Gasteiger partial charge in [0.1, 0.15) is 5.69 Å². The molecule has 7 nitrogen and oxygen atoms in total. The first kappa shape index (κ1) is 25.7. The fourth-order valence-electron chi connectivity index (χ4n) is 3.69. The molecule has 0 radical (unpaired) electrons. The van der Waals surface area contributed by atoms with E-state index in [0.717, 1.165) is 12.0 Å². The van der Waals surface area contributed by atoms with E-state index in [1.807, 2.05) is 44.2 Å². The van der Waals surface area contributed by atoms with Crippen molar-refractivity contribution in [3.05, 3.63) is 60.2 Å². The van der Waals surface area contributed by atoms with E-state index in [0.29, 0.717) is 25.6 Å². The Morgan fingerprint density at radius 2 is 1.75 bits per heavy atom. The van der Waals surface area contributed by atoms with Crippen molar-refractivity contribution in [3.8, 4) is 0 Å². The standard InChI is InChI=1S/C24H34BN3O4/c1-5-31-25(32-6-2)20(14-18(3)4)16-23(29)21(15-19-10-8-7-9-11-19)28-24(30)22-17-26-12-13-27-22/h7-13,17-18,20-21H,5-6,14-16H2,1-4H3,(H,28,30)/t20-,21+/m1/s1. The summed E-state index contributed by atoms with van der Waals surface area (Å²) >= 11 is 0. The van der Waals surface area contributed by atoms with Gasteiger partial charge in [0.15, 0.2) is 5.78 Å². The van der Waals surface area contributed by atoms with Crippen molar-refractivity contribution in [2.75, 3.05) is 13.2 Å². The van der Waals surface area contributed by atoms with Crippen LogP contribution in [-0.4, -0.2) is 48.0 Å². The summed E-state index contributed by atoms with van der Waals surface area (Å²) < 4.78 is 11.6. The largest absolute Gasteiger partial charge is 0.460 e. The van der Waals surface area contributed by atoms with Crippen LogP contribution in [0.1, 0.15) is 56.6 Å². The van der Waals surface area contributed by atoms with Crippen molar-refractivity contribution < 1.29 is 18.9 Å². The SMILES string of the molecule is CCOB(OCC)[C@@H](CC(=O)[C@H](Cc1ccccc1)NC(=O)c1cnccn1)CC(C)C. The highest BCUT2D eigenvalue weighted by Gasteiger charge is 2.34. The number of carbonyl (C=O) groups is 2. The molecule has 1 aromatic carbocycles. The Bertz CT molecular complexity index is 815. The first-order valence-corrected chi connectivity index (χ1v) is 11.3. The van der Waals surface area contributed by atoms with Crippen LogP contribution in [0.5, 0.6) is 0 Å². The van der Waals surface area contributed by atoms with E-state index in [1.54, 1.807) is 0 Å². The minimum Gasteiger partial charge on any atom is -0.411 e. The average Bonchev–Trinajstić information content (AvgIpc) is 2.79. The molecular formula is C24H34BN3O4. The molecule has 0 aliphatic rings. The zero-order chi connectivity index (χ0) is 23.3. The zero-order valence-corrected chi connectivity index (χ0v) is 19.5. The topological polar surface area (TPSA) is 90.4 Å². The molecule has 0 aliphatic carbocycles. The fourth-order valence-corrected chi connectivity index (χ4v) is 3.69. The Morgan fingerprint density at radius 3 is 2.31 bits per heavy atom.